The molecule has 0 aliphatic carbocycles. The quantitative estimate of drug-likeness (QED) is 0.540. The number of nitrogens with two attached hydrogens (primary N) is 2. The number of carbonyl (C=O) groups excluding carboxylic acids is 1. The normalized spacial score (nSPS) is 27.7. The SMILES string of the molecule is NC(=O)c1cn([C@@H]2O[C@H](CO)C(O)[C@H]2F)c2nc(Cl)nc(N)c12. The van der Waals surface area contributed by atoms with E-state index in [-0.39, 0.29) is 27.7 Å². The lowest BCUT2D eigenvalue weighted by atomic mass is 10.1. The fourth-order valence-corrected chi connectivity index (χ4v) is 2.78. The van der Waals surface area contributed by atoms with Gasteiger partial charge in [0.15, 0.2) is 12.4 Å². The molecule has 0 spiro atoms. The molecule has 124 valence electrons. The molecule has 6 N–H and O–H groups in total. The molecular formula is C12H13ClFN5O4. The summed E-state index contributed by atoms with van der Waals surface area (Å²) < 4.78 is 20.8. The first kappa shape index (κ1) is 15.9. The van der Waals surface area contributed by atoms with E-state index in [1.54, 1.807) is 0 Å². The van der Waals surface area contributed by atoms with Gasteiger partial charge in [0.2, 0.25) is 5.28 Å². The monoisotopic (exact) mass is 345 g/mol. The summed E-state index contributed by atoms with van der Waals surface area (Å²) in [5, 5.41) is 18.8. The van der Waals surface area contributed by atoms with Gasteiger partial charge in [0, 0.05) is 6.20 Å². The molecule has 4 atom stereocenters. The van der Waals surface area contributed by atoms with Gasteiger partial charge in [-0.1, -0.05) is 0 Å². The average Bonchev–Trinajstić information content (AvgIpc) is 2.99. The third-order valence-corrected chi connectivity index (χ3v) is 3.86. The van der Waals surface area contributed by atoms with Crippen molar-refractivity contribution in [3.8, 4) is 0 Å². The molecular weight excluding hydrogens is 333 g/mol. The first-order chi connectivity index (χ1) is 10.8. The molecule has 0 saturated carbocycles. The Labute approximate surface area is 133 Å². The summed E-state index contributed by atoms with van der Waals surface area (Å²) >= 11 is 5.76. The predicted octanol–water partition coefficient (Wildman–Crippen LogP) is -0.645. The number of aliphatic hydroxyl groups excluding tert-OH is 2. The van der Waals surface area contributed by atoms with E-state index in [1.807, 2.05) is 0 Å². The van der Waals surface area contributed by atoms with Gasteiger partial charge < -0.3 is 31.0 Å². The van der Waals surface area contributed by atoms with E-state index in [2.05, 4.69) is 9.97 Å². The van der Waals surface area contributed by atoms with Gasteiger partial charge in [0.1, 0.15) is 23.7 Å². The Morgan fingerprint density at radius 1 is 1.52 bits per heavy atom. The van der Waals surface area contributed by atoms with Crippen molar-refractivity contribution in [2.75, 3.05) is 12.3 Å². The number of aliphatic hydroxyl groups is 2. The number of hydrogen-bond acceptors (Lipinski definition) is 7. The van der Waals surface area contributed by atoms with Crippen molar-refractivity contribution < 1.29 is 24.1 Å². The Morgan fingerprint density at radius 2 is 2.22 bits per heavy atom. The molecule has 1 aliphatic rings. The third-order valence-electron chi connectivity index (χ3n) is 3.69. The molecule has 2 aromatic heterocycles. The number of ether oxygens (including phenoxy) is 1. The smallest absolute Gasteiger partial charge is 0.251 e. The van der Waals surface area contributed by atoms with Crippen molar-refractivity contribution in [1.29, 1.82) is 0 Å². The van der Waals surface area contributed by atoms with Crippen LogP contribution in [0.1, 0.15) is 16.6 Å². The molecule has 23 heavy (non-hydrogen) atoms. The van der Waals surface area contributed by atoms with E-state index in [0.29, 0.717) is 0 Å². The standard InChI is InChI=1S/C12H13ClFN5O4/c13-12-17-8(15)5-3(9(16)22)1-19(10(5)18-12)11-6(14)7(21)4(2-20)23-11/h1,4,6-7,11,20-21H,2H2,(H2,16,22)(H2,15,17,18)/t4-,6-,7?,11-/m1/s1. The fourth-order valence-electron chi connectivity index (χ4n) is 2.61. The van der Waals surface area contributed by atoms with E-state index in [4.69, 9.17) is 32.9 Å². The van der Waals surface area contributed by atoms with Gasteiger partial charge in [-0.05, 0) is 11.6 Å². The van der Waals surface area contributed by atoms with E-state index in [0.717, 1.165) is 4.57 Å². The minimum Gasteiger partial charge on any atom is -0.394 e. The second-order valence-electron chi connectivity index (χ2n) is 5.07. The van der Waals surface area contributed by atoms with Crippen LogP contribution in [-0.2, 0) is 4.74 Å². The summed E-state index contributed by atoms with van der Waals surface area (Å²) in [4.78, 5) is 19.3. The highest BCUT2D eigenvalue weighted by Crippen LogP contribution is 2.36. The number of fused-ring (bicyclic) bond motifs is 1. The highest BCUT2D eigenvalue weighted by Gasteiger charge is 2.45. The number of amides is 1. The highest BCUT2D eigenvalue weighted by molar-refractivity contribution is 6.29. The van der Waals surface area contributed by atoms with E-state index in [9.17, 15) is 14.3 Å². The maximum atomic E-state index is 14.3. The molecule has 3 rings (SSSR count). The van der Waals surface area contributed by atoms with Crippen LogP contribution in [-0.4, -0.2) is 55.6 Å². The van der Waals surface area contributed by atoms with Crippen molar-refractivity contribution >= 4 is 34.4 Å². The number of nitrogens with zero attached hydrogens (tertiary/aromatic N) is 3. The maximum absolute atomic E-state index is 14.3. The van der Waals surface area contributed by atoms with E-state index >= 15 is 0 Å². The second kappa shape index (κ2) is 5.57. The fraction of sp³-hybridized carbons (Fsp3) is 0.417. The number of aromatic nitrogens is 3. The lowest BCUT2D eigenvalue weighted by molar-refractivity contribution is -0.0457. The van der Waals surface area contributed by atoms with Gasteiger partial charge in [0.05, 0.1) is 17.6 Å². The van der Waals surface area contributed by atoms with Crippen molar-refractivity contribution in [1.82, 2.24) is 14.5 Å². The zero-order valence-electron chi connectivity index (χ0n) is 11.6. The molecule has 1 fully saturated rings. The van der Waals surface area contributed by atoms with E-state index < -0.39 is 37.1 Å². The van der Waals surface area contributed by atoms with Gasteiger partial charge in [0.25, 0.3) is 5.91 Å². The Morgan fingerprint density at radius 3 is 2.78 bits per heavy atom. The number of primary amides is 1. The lowest BCUT2D eigenvalue weighted by Crippen LogP contribution is -2.30. The first-order valence-corrected chi connectivity index (χ1v) is 6.94. The summed E-state index contributed by atoms with van der Waals surface area (Å²) in [6, 6.07) is 0. The lowest BCUT2D eigenvalue weighted by Gasteiger charge is -2.15. The minimum absolute atomic E-state index is 0.0353. The molecule has 0 aromatic carbocycles. The number of halogens is 2. The van der Waals surface area contributed by atoms with Crippen molar-refractivity contribution in [3.05, 3.63) is 17.0 Å². The number of carbonyl (C=O) groups is 1. The molecule has 1 aliphatic heterocycles. The largest absolute Gasteiger partial charge is 0.394 e. The summed E-state index contributed by atoms with van der Waals surface area (Å²) in [7, 11) is 0. The van der Waals surface area contributed by atoms with Crippen LogP contribution in [0.15, 0.2) is 6.20 Å². The second-order valence-corrected chi connectivity index (χ2v) is 5.41. The number of nitrogen functional groups attached to an aromatic ring is 1. The Bertz CT molecular complexity index is 784. The van der Waals surface area contributed by atoms with Crippen molar-refractivity contribution in [2.24, 2.45) is 5.73 Å². The molecule has 9 nitrogen and oxygen atoms in total. The predicted molar refractivity (Wildman–Crippen MR) is 77.4 cm³/mol. The van der Waals surface area contributed by atoms with Gasteiger partial charge in [-0.2, -0.15) is 4.98 Å². The summed E-state index contributed by atoms with van der Waals surface area (Å²) in [5.74, 6) is -0.917. The van der Waals surface area contributed by atoms with Gasteiger partial charge in [-0.3, -0.25) is 4.79 Å². The number of rotatable bonds is 3. The summed E-state index contributed by atoms with van der Waals surface area (Å²) in [5.41, 5.74) is 11.0. The molecule has 1 saturated heterocycles. The molecule has 1 amide bonds. The Kier molecular flexibility index (Phi) is 3.84. The third kappa shape index (κ3) is 2.39. The number of anilines is 1. The molecule has 11 heteroatoms. The summed E-state index contributed by atoms with van der Waals surface area (Å²) in [6.07, 6.45) is -4.63. The molecule has 1 unspecified atom stereocenters. The first-order valence-electron chi connectivity index (χ1n) is 6.57. The molecule has 0 radical (unpaired) electrons. The van der Waals surface area contributed by atoms with Crippen LogP contribution in [0, 0.1) is 0 Å². The molecule has 3 heterocycles. The van der Waals surface area contributed by atoms with E-state index in [1.165, 1.54) is 6.20 Å². The Balaban J connectivity index is 2.20. The summed E-state index contributed by atoms with van der Waals surface area (Å²) in [6.45, 7) is -0.572. The van der Waals surface area contributed by atoms with Crippen LogP contribution in [0.3, 0.4) is 0 Å². The average molecular weight is 346 g/mol. The number of hydrogen-bond donors (Lipinski definition) is 4. The van der Waals surface area contributed by atoms with Crippen LogP contribution in [0.5, 0.6) is 0 Å². The van der Waals surface area contributed by atoms with Crippen LogP contribution in [0.25, 0.3) is 11.0 Å². The minimum atomic E-state index is -1.86. The van der Waals surface area contributed by atoms with Gasteiger partial charge >= 0.3 is 0 Å². The molecule has 2 aromatic rings. The zero-order chi connectivity index (χ0) is 16.9. The van der Waals surface area contributed by atoms with Crippen LogP contribution >= 0.6 is 11.6 Å². The topological polar surface area (TPSA) is 150 Å². The van der Waals surface area contributed by atoms with Crippen molar-refractivity contribution in [2.45, 2.75) is 24.6 Å². The van der Waals surface area contributed by atoms with Gasteiger partial charge in [-0.15, -0.1) is 0 Å². The van der Waals surface area contributed by atoms with Gasteiger partial charge in [-0.25, -0.2) is 9.37 Å². The zero-order valence-corrected chi connectivity index (χ0v) is 12.3. The molecule has 0 bridgehead atoms. The highest BCUT2D eigenvalue weighted by atomic mass is 35.5. The van der Waals surface area contributed by atoms with Crippen LogP contribution < -0.4 is 11.5 Å². The van der Waals surface area contributed by atoms with Crippen molar-refractivity contribution in [3.63, 3.8) is 0 Å². The maximum Gasteiger partial charge on any atom is 0.251 e. The Hall–Kier alpha value is -2.01. The number of alkyl halides is 1. The van der Waals surface area contributed by atoms with Crippen LogP contribution in [0.4, 0.5) is 10.2 Å². The van der Waals surface area contributed by atoms with Crippen LogP contribution in [0.2, 0.25) is 5.28 Å².